The zero-order chi connectivity index (χ0) is 12.5. The van der Waals surface area contributed by atoms with E-state index >= 15 is 0 Å². The van der Waals surface area contributed by atoms with Crippen molar-refractivity contribution in [2.24, 2.45) is 0 Å². The van der Waals surface area contributed by atoms with Crippen LogP contribution >= 0.6 is 11.6 Å². The minimum atomic E-state index is 0.808. The van der Waals surface area contributed by atoms with E-state index in [9.17, 15) is 0 Å². The lowest BCUT2D eigenvalue weighted by atomic mass is 10.2. The lowest BCUT2D eigenvalue weighted by Crippen LogP contribution is -2.23. The second kappa shape index (κ2) is 8.34. The fourth-order valence-electron chi connectivity index (χ4n) is 1.46. The van der Waals surface area contributed by atoms with Crippen molar-refractivity contribution >= 4 is 17.3 Å². The average molecular weight is 257 g/mol. The number of ether oxygens (including phenoxy) is 1. The van der Waals surface area contributed by atoms with Gasteiger partial charge in [0, 0.05) is 37.5 Å². The summed E-state index contributed by atoms with van der Waals surface area (Å²) in [5.74, 6) is 0. The van der Waals surface area contributed by atoms with Gasteiger partial charge in [0.25, 0.3) is 0 Å². The SMILES string of the molecule is COCCCNCCNc1ccc(C)c(Cl)c1. The smallest absolute Gasteiger partial charge is 0.0474 e. The maximum Gasteiger partial charge on any atom is 0.0474 e. The molecular formula is C13H21ClN2O. The third-order valence-electron chi connectivity index (χ3n) is 2.50. The molecule has 0 heterocycles. The highest BCUT2D eigenvalue weighted by Gasteiger charge is 1.96. The van der Waals surface area contributed by atoms with Crippen molar-refractivity contribution in [3.05, 3.63) is 28.8 Å². The summed E-state index contributed by atoms with van der Waals surface area (Å²) < 4.78 is 4.97. The van der Waals surface area contributed by atoms with Crippen LogP contribution in [-0.2, 0) is 4.74 Å². The number of methoxy groups -OCH3 is 1. The summed E-state index contributed by atoms with van der Waals surface area (Å²) in [6, 6.07) is 6.03. The number of hydrogen-bond donors (Lipinski definition) is 2. The van der Waals surface area contributed by atoms with Gasteiger partial charge in [0.05, 0.1) is 0 Å². The van der Waals surface area contributed by atoms with E-state index in [-0.39, 0.29) is 0 Å². The van der Waals surface area contributed by atoms with Crippen molar-refractivity contribution < 1.29 is 4.74 Å². The van der Waals surface area contributed by atoms with E-state index in [0.717, 1.165) is 48.9 Å². The monoisotopic (exact) mass is 256 g/mol. The molecule has 0 aliphatic rings. The third kappa shape index (κ3) is 5.91. The van der Waals surface area contributed by atoms with E-state index < -0.39 is 0 Å². The molecule has 0 aliphatic carbocycles. The van der Waals surface area contributed by atoms with Crippen LogP contribution in [0.2, 0.25) is 5.02 Å². The Labute approximate surface area is 109 Å². The molecule has 96 valence electrons. The number of hydrogen-bond acceptors (Lipinski definition) is 3. The molecule has 3 nitrogen and oxygen atoms in total. The summed E-state index contributed by atoms with van der Waals surface area (Å²) in [7, 11) is 1.72. The zero-order valence-corrected chi connectivity index (χ0v) is 11.3. The van der Waals surface area contributed by atoms with Crippen molar-refractivity contribution in [3.8, 4) is 0 Å². The highest BCUT2D eigenvalue weighted by Crippen LogP contribution is 2.19. The molecule has 0 bridgehead atoms. The van der Waals surface area contributed by atoms with E-state index in [1.807, 2.05) is 25.1 Å². The Morgan fingerprint density at radius 2 is 2.06 bits per heavy atom. The maximum absolute atomic E-state index is 6.04. The van der Waals surface area contributed by atoms with Crippen LogP contribution in [0.5, 0.6) is 0 Å². The first-order chi connectivity index (χ1) is 8.24. The number of halogens is 1. The molecule has 0 saturated carbocycles. The number of aryl methyl sites for hydroxylation is 1. The molecule has 0 radical (unpaired) electrons. The quantitative estimate of drug-likeness (QED) is 0.702. The lowest BCUT2D eigenvalue weighted by Gasteiger charge is -2.08. The molecule has 0 atom stereocenters. The van der Waals surface area contributed by atoms with Crippen LogP contribution in [0, 0.1) is 6.92 Å². The Bertz CT molecular complexity index is 331. The van der Waals surface area contributed by atoms with E-state index in [2.05, 4.69) is 10.6 Å². The predicted octanol–water partition coefficient (Wildman–Crippen LogP) is 2.69. The Hall–Kier alpha value is -0.770. The average Bonchev–Trinajstić information content (AvgIpc) is 2.32. The highest BCUT2D eigenvalue weighted by molar-refractivity contribution is 6.31. The van der Waals surface area contributed by atoms with Gasteiger partial charge in [0.2, 0.25) is 0 Å². The molecule has 0 saturated heterocycles. The third-order valence-corrected chi connectivity index (χ3v) is 2.91. The van der Waals surface area contributed by atoms with Crippen LogP contribution in [0.3, 0.4) is 0 Å². The molecule has 4 heteroatoms. The van der Waals surface area contributed by atoms with Crippen molar-refractivity contribution in [2.75, 3.05) is 38.7 Å². The number of nitrogens with one attached hydrogen (secondary N) is 2. The molecule has 0 amide bonds. The topological polar surface area (TPSA) is 33.3 Å². The van der Waals surface area contributed by atoms with Crippen LogP contribution in [0.1, 0.15) is 12.0 Å². The molecule has 0 spiro atoms. The van der Waals surface area contributed by atoms with Gasteiger partial charge in [-0.1, -0.05) is 17.7 Å². The summed E-state index contributed by atoms with van der Waals surface area (Å²) >= 11 is 6.04. The Morgan fingerprint density at radius 3 is 2.76 bits per heavy atom. The molecule has 0 aliphatic heterocycles. The van der Waals surface area contributed by atoms with Gasteiger partial charge in [-0.05, 0) is 37.6 Å². The number of rotatable bonds is 8. The summed E-state index contributed by atoms with van der Waals surface area (Å²) in [6.07, 6.45) is 1.05. The van der Waals surface area contributed by atoms with Crippen LogP contribution in [0.4, 0.5) is 5.69 Å². The van der Waals surface area contributed by atoms with E-state index in [1.165, 1.54) is 0 Å². The first kappa shape index (κ1) is 14.3. The summed E-state index contributed by atoms with van der Waals surface area (Å²) in [6.45, 7) is 5.64. The molecule has 2 N–H and O–H groups in total. The predicted molar refractivity (Wildman–Crippen MR) is 74.0 cm³/mol. The molecule has 0 fully saturated rings. The van der Waals surface area contributed by atoms with Gasteiger partial charge < -0.3 is 15.4 Å². The highest BCUT2D eigenvalue weighted by atomic mass is 35.5. The molecule has 1 rings (SSSR count). The first-order valence-electron chi connectivity index (χ1n) is 5.93. The van der Waals surface area contributed by atoms with Crippen LogP contribution in [-0.4, -0.2) is 33.4 Å². The van der Waals surface area contributed by atoms with Gasteiger partial charge in [-0.2, -0.15) is 0 Å². The van der Waals surface area contributed by atoms with E-state index in [0.29, 0.717) is 0 Å². The fraction of sp³-hybridized carbons (Fsp3) is 0.538. The summed E-state index contributed by atoms with van der Waals surface area (Å²) in [5, 5.41) is 7.47. The minimum Gasteiger partial charge on any atom is -0.385 e. The van der Waals surface area contributed by atoms with Gasteiger partial charge in [0.15, 0.2) is 0 Å². The second-order valence-corrected chi connectivity index (χ2v) is 4.39. The van der Waals surface area contributed by atoms with Gasteiger partial charge in [-0.3, -0.25) is 0 Å². The number of benzene rings is 1. The van der Waals surface area contributed by atoms with Crippen LogP contribution in [0.15, 0.2) is 18.2 Å². The molecule has 0 unspecified atom stereocenters. The van der Waals surface area contributed by atoms with Gasteiger partial charge in [-0.15, -0.1) is 0 Å². The summed E-state index contributed by atoms with van der Waals surface area (Å²) in [4.78, 5) is 0. The summed E-state index contributed by atoms with van der Waals surface area (Å²) in [5.41, 5.74) is 2.18. The van der Waals surface area contributed by atoms with E-state index in [4.69, 9.17) is 16.3 Å². The standard InChI is InChI=1S/C13H21ClN2O/c1-11-4-5-12(10-13(11)14)16-8-7-15-6-3-9-17-2/h4-5,10,15-16H,3,6-9H2,1-2H3. The van der Waals surface area contributed by atoms with Crippen molar-refractivity contribution in [2.45, 2.75) is 13.3 Å². The largest absolute Gasteiger partial charge is 0.385 e. The van der Waals surface area contributed by atoms with Crippen molar-refractivity contribution in [3.63, 3.8) is 0 Å². The van der Waals surface area contributed by atoms with Crippen molar-refractivity contribution in [1.82, 2.24) is 5.32 Å². The lowest BCUT2D eigenvalue weighted by molar-refractivity contribution is 0.194. The van der Waals surface area contributed by atoms with Gasteiger partial charge >= 0.3 is 0 Å². The van der Waals surface area contributed by atoms with Gasteiger partial charge in [0.1, 0.15) is 0 Å². The molecule has 1 aromatic carbocycles. The Balaban J connectivity index is 2.11. The Morgan fingerprint density at radius 1 is 1.24 bits per heavy atom. The molecule has 1 aromatic rings. The number of anilines is 1. The van der Waals surface area contributed by atoms with Crippen LogP contribution < -0.4 is 10.6 Å². The van der Waals surface area contributed by atoms with Gasteiger partial charge in [-0.25, -0.2) is 0 Å². The normalized spacial score (nSPS) is 10.5. The van der Waals surface area contributed by atoms with Crippen molar-refractivity contribution in [1.29, 1.82) is 0 Å². The van der Waals surface area contributed by atoms with Crippen LogP contribution in [0.25, 0.3) is 0 Å². The molecule has 17 heavy (non-hydrogen) atoms. The molecular weight excluding hydrogens is 236 g/mol. The fourth-order valence-corrected chi connectivity index (χ4v) is 1.65. The zero-order valence-electron chi connectivity index (χ0n) is 10.6. The Kier molecular flexibility index (Phi) is 7.01. The second-order valence-electron chi connectivity index (χ2n) is 3.99. The maximum atomic E-state index is 6.04. The first-order valence-corrected chi connectivity index (χ1v) is 6.31. The van der Waals surface area contributed by atoms with E-state index in [1.54, 1.807) is 7.11 Å². The minimum absolute atomic E-state index is 0.808. The molecule has 0 aromatic heterocycles.